The average molecular weight is 402 g/mol. The number of hydrogen-bond acceptors (Lipinski definition) is 5. The lowest BCUT2D eigenvalue weighted by Crippen LogP contribution is -2.49. The third-order valence-corrected chi connectivity index (χ3v) is 4.94. The van der Waals surface area contributed by atoms with Crippen LogP contribution in [0.1, 0.15) is 15.9 Å². The van der Waals surface area contributed by atoms with Gasteiger partial charge >= 0.3 is 0 Å². The summed E-state index contributed by atoms with van der Waals surface area (Å²) in [5, 5.41) is 4.34. The summed E-state index contributed by atoms with van der Waals surface area (Å²) in [6, 6.07) is 14.8. The summed E-state index contributed by atoms with van der Waals surface area (Å²) in [4.78, 5) is 21.5. The smallest absolute Gasteiger partial charge is 0.253 e. The van der Waals surface area contributed by atoms with Gasteiger partial charge in [0.15, 0.2) is 0 Å². The maximum atomic E-state index is 12.7. The first-order chi connectivity index (χ1) is 13.7. The number of halogens is 1. The maximum absolute atomic E-state index is 12.7. The van der Waals surface area contributed by atoms with E-state index in [1.807, 2.05) is 53.4 Å². The second-order valence-electron chi connectivity index (χ2n) is 6.45. The van der Waals surface area contributed by atoms with Gasteiger partial charge in [-0.25, -0.2) is 0 Å². The van der Waals surface area contributed by atoms with Crippen molar-refractivity contribution >= 4 is 23.7 Å². The van der Waals surface area contributed by atoms with Gasteiger partial charge in [0, 0.05) is 38.3 Å². The van der Waals surface area contributed by atoms with Crippen molar-refractivity contribution in [2.24, 2.45) is 5.16 Å². The molecule has 1 saturated heterocycles. The second-order valence-corrected chi connectivity index (χ2v) is 6.86. The number of amides is 1. The summed E-state index contributed by atoms with van der Waals surface area (Å²) < 4.78 is 5.75. The quantitative estimate of drug-likeness (QED) is 0.528. The van der Waals surface area contributed by atoms with Gasteiger partial charge in [0.1, 0.15) is 19.5 Å². The van der Waals surface area contributed by atoms with E-state index in [0.29, 0.717) is 36.0 Å². The van der Waals surface area contributed by atoms with Gasteiger partial charge < -0.3 is 14.5 Å². The molecule has 0 atom stereocenters. The molecule has 148 valence electrons. The lowest BCUT2D eigenvalue weighted by Gasteiger charge is -2.34. The van der Waals surface area contributed by atoms with Crippen molar-refractivity contribution in [3.8, 4) is 5.75 Å². The molecule has 1 heterocycles. The Morgan fingerprint density at radius 3 is 2.50 bits per heavy atom. The van der Waals surface area contributed by atoms with E-state index in [4.69, 9.17) is 16.3 Å². The summed E-state index contributed by atoms with van der Waals surface area (Å²) in [7, 11) is 1.50. The van der Waals surface area contributed by atoms with Crippen LogP contribution < -0.4 is 4.74 Å². The molecule has 6 nitrogen and oxygen atoms in total. The molecule has 3 rings (SSSR count). The van der Waals surface area contributed by atoms with Crippen molar-refractivity contribution in [3.05, 3.63) is 64.7 Å². The number of carbonyl (C=O) groups is 1. The Kier molecular flexibility index (Phi) is 7.28. The molecule has 1 amide bonds. The third kappa shape index (κ3) is 5.47. The SMILES string of the molecule is CO/N=C/c1ccc(C(=O)N2CCN(CCOc3ccccc3Cl)CC2)cc1. The van der Waals surface area contributed by atoms with Crippen molar-refractivity contribution in [1.82, 2.24) is 9.80 Å². The molecule has 0 saturated carbocycles. The predicted octanol–water partition coefficient (Wildman–Crippen LogP) is 3.16. The number of benzene rings is 2. The van der Waals surface area contributed by atoms with Crippen molar-refractivity contribution in [1.29, 1.82) is 0 Å². The van der Waals surface area contributed by atoms with Crippen LogP contribution >= 0.6 is 11.6 Å². The Bertz CT molecular complexity index is 803. The first-order valence-corrected chi connectivity index (χ1v) is 9.61. The third-order valence-electron chi connectivity index (χ3n) is 4.63. The highest BCUT2D eigenvalue weighted by atomic mass is 35.5. The molecule has 1 fully saturated rings. The van der Waals surface area contributed by atoms with Crippen LogP contribution in [0.2, 0.25) is 5.02 Å². The van der Waals surface area contributed by atoms with Gasteiger partial charge in [-0.2, -0.15) is 0 Å². The fourth-order valence-corrected chi connectivity index (χ4v) is 3.22. The van der Waals surface area contributed by atoms with Crippen LogP contribution in [0.3, 0.4) is 0 Å². The van der Waals surface area contributed by atoms with Crippen molar-refractivity contribution < 1.29 is 14.4 Å². The van der Waals surface area contributed by atoms with Gasteiger partial charge in [0.05, 0.1) is 11.2 Å². The zero-order valence-electron chi connectivity index (χ0n) is 15.9. The van der Waals surface area contributed by atoms with Crippen molar-refractivity contribution in [3.63, 3.8) is 0 Å². The van der Waals surface area contributed by atoms with Crippen LogP contribution in [0, 0.1) is 0 Å². The molecule has 1 aliphatic rings. The van der Waals surface area contributed by atoms with E-state index in [-0.39, 0.29) is 5.91 Å². The lowest BCUT2D eigenvalue weighted by atomic mass is 10.1. The van der Waals surface area contributed by atoms with E-state index in [1.54, 1.807) is 6.21 Å². The minimum atomic E-state index is 0.0576. The molecule has 2 aromatic carbocycles. The molecule has 0 N–H and O–H groups in total. The predicted molar refractivity (Wildman–Crippen MR) is 110 cm³/mol. The Balaban J connectivity index is 1.43. The summed E-state index contributed by atoms with van der Waals surface area (Å²) in [6.45, 7) is 4.45. The number of ether oxygens (including phenoxy) is 1. The summed E-state index contributed by atoms with van der Waals surface area (Å²) in [5.74, 6) is 0.763. The van der Waals surface area contributed by atoms with Crippen molar-refractivity contribution in [2.45, 2.75) is 0 Å². The van der Waals surface area contributed by atoms with Crippen LogP contribution in [0.15, 0.2) is 53.7 Å². The molecule has 0 aliphatic carbocycles. The number of para-hydroxylation sites is 1. The zero-order valence-corrected chi connectivity index (χ0v) is 16.6. The molecule has 0 aromatic heterocycles. The fraction of sp³-hybridized carbons (Fsp3) is 0.333. The normalized spacial score (nSPS) is 15.0. The number of hydrogen-bond donors (Lipinski definition) is 0. The highest BCUT2D eigenvalue weighted by Crippen LogP contribution is 2.23. The Morgan fingerprint density at radius 2 is 1.82 bits per heavy atom. The number of oxime groups is 1. The molecule has 2 aromatic rings. The van der Waals surface area contributed by atoms with Crippen molar-refractivity contribution in [2.75, 3.05) is 46.4 Å². The first-order valence-electron chi connectivity index (χ1n) is 9.23. The summed E-state index contributed by atoms with van der Waals surface area (Å²) >= 11 is 6.10. The summed E-state index contributed by atoms with van der Waals surface area (Å²) in [5.41, 5.74) is 1.58. The van der Waals surface area contributed by atoms with E-state index < -0.39 is 0 Å². The van der Waals surface area contributed by atoms with Crippen LogP contribution in [0.25, 0.3) is 0 Å². The van der Waals surface area contributed by atoms with Crippen LogP contribution in [0.5, 0.6) is 5.75 Å². The van der Waals surface area contributed by atoms with Gasteiger partial charge in [-0.05, 0) is 29.8 Å². The number of nitrogens with zero attached hydrogens (tertiary/aromatic N) is 3. The topological polar surface area (TPSA) is 54.4 Å². The van der Waals surface area contributed by atoms with E-state index >= 15 is 0 Å². The highest BCUT2D eigenvalue weighted by Gasteiger charge is 2.22. The fourth-order valence-electron chi connectivity index (χ4n) is 3.03. The van der Waals surface area contributed by atoms with E-state index in [1.165, 1.54) is 7.11 Å². The Hall–Kier alpha value is -2.57. The molecule has 0 radical (unpaired) electrons. The maximum Gasteiger partial charge on any atom is 0.253 e. The molecule has 0 unspecified atom stereocenters. The van der Waals surface area contributed by atoms with E-state index in [0.717, 1.165) is 25.2 Å². The molecular weight excluding hydrogens is 378 g/mol. The monoisotopic (exact) mass is 401 g/mol. The second kappa shape index (κ2) is 10.1. The number of piperazine rings is 1. The van der Waals surface area contributed by atoms with Crippen LogP contribution in [-0.4, -0.2) is 68.4 Å². The van der Waals surface area contributed by atoms with Crippen LogP contribution in [0.4, 0.5) is 0 Å². The zero-order chi connectivity index (χ0) is 19.8. The molecule has 1 aliphatic heterocycles. The number of carbonyl (C=O) groups excluding carboxylic acids is 1. The Labute approximate surface area is 170 Å². The van der Waals surface area contributed by atoms with Gasteiger partial charge in [-0.3, -0.25) is 9.69 Å². The molecule has 0 spiro atoms. The van der Waals surface area contributed by atoms with Crippen LogP contribution in [-0.2, 0) is 4.84 Å². The van der Waals surface area contributed by atoms with Gasteiger partial charge in [0.25, 0.3) is 5.91 Å². The average Bonchev–Trinajstić information content (AvgIpc) is 2.74. The van der Waals surface area contributed by atoms with E-state index in [2.05, 4.69) is 14.9 Å². The van der Waals surface area contributed by atoms with Gasteiger partial charge in [0.2, 0.25) is 0 Å². The molecule has 7 heteroatoms. The molecular formula is C21H24ClN3O3. The van der Waals surface area contributed by atoms with Gasteiger partial charge in [-0.15, -0.1) is 0 Å². The standard InChI is InChI=1S/C21H24ClN3O3/c1-27-23-16-17-6-8-18(9-7-17)21(26)25-12-10-24(11-13-25)14-15-28-20-5-3-2-4-19(20)22/h2-9,16H,10-15H2,1H3/b23-16+. The van der Waals surface area contributed by atoms with Gasteiger partial charge in [-0.1, -0.05) is 41.0 Å². The number of rotatable bonds is 7. The largest absolute Gasteiger partial charge is 0.491 e. The summed E-state index contributed by atoms with van der Waals surface area (Å²) in [6.07, 6.45) is 1.61. The lowest BCUT2D eigenvalue weighted by molar-refractivity contribution is 0.0620. The minimum Gasteiger partial charge on any atom is -0.491 e. The Morgan fingerprint density at radius 1 is 1.11 bits per heavy atom. The highest BCUT2D eigenvalue weighted by molar-refractivity contribution is 6.32. The molecule has 0 bridgehead atoms. The minimum absolute atomic E-state index is 0.0576. The van der Waals surface area contributed by atoms with E-state index in [9.17, 15) is 4.79 Å². The molecule has 28 heavy (non-hydrogen) atoms. The first kappa shape index (κ1) is 20.2.